The molecule has 0 aliphatic carbocycles. The van der Waals surface area contributed by atoms with Crippen LogP contribution in [0.1, 0.15) is 30.5 Å². The number of hydrogen-bond acceptors (Lipinski definition) is 3. The van der Waals surface area contributed by atoms with Gasteiger partial charge in [-0.15, -0.1) is 5.10 Å². The fraction of sp³-hybridized carbons (Fsp3) is 0.185. The molecule has 1 N–H and O–H groups in total. The molecule has 0 spiro atoms. The zero-order valence-corrected chi connectivity index (χ0v) is 20.5. The van der Waals surface area contributed by atoms with Gasteiger partial charge in [-0.25, -0.2) is 17.6 Å². The molecule has 36 heavy (non-hydrogen) atoms. The van der Waals surface area contributed by atoms with E-state index >= 15 is 4.39 Å². The number of likely N-dealkylation sites (N-methyl/N-ethyl adjacent to an activating group) is 1. The van der Waals surface area contributed by atoms with Crippen molar-refractivity contribution in [1.82, 2.24) is 0 Å². The number of hydrogen-bond donors (Lipinski definition) is 1. The second kappa shape index (κ2) is 11.1. The molecule has 189 valence electrons. The molecule has 3 aromatic rings. The van der Waals surface area contributed by atoms with Crippen LogP contribution in [0, 0.1) is 23.3 Å². The first-order chi connectivity index (χ1) is 16.8. The molecule has 0 bridgehead atoms. The van der Waals surface area contributed by atoms with Gasteiger partial charge in [0.05, 0.1) is 11.9 Å². The summed E-state index contributed by atoms with van der Waals surface area (Å²) in [6.07, 6.45) is 2.95. The molecular weight excluding hydrogens is 517 g/mol. The standard InChI is InChI=1S/C27H23F4N3O.Co/c1-3-34-19(14-15-32-33-26(35)18-12-8-5-9-13-18)27(2,16-17-10-6-4-7-11-17)20-21(28)22(29)23(30)24(31)25(20)34;/h4-15H,3,16H2,1-2H3,(H,33,35);/b19-14-,32-15+;. The summed E-state index contributed by atoms with van der Waals surface area (Å²) in [5.41, 5.74) is -0.188. The summed E-state index contributed by atoms with van der Waals surface area (Å²) < 4.78 is 58.7. The van der Waals surface area contributed by atoms with Gasteiger partial charge in [0.25, 0.3) is 0 Å². The van der Waals surface area contributed by atoms with Crippen molar-refractivity contribution in [2.75, 3.05) is 11.4 Å². The Kier molecular flexibility index (Phi) is 8.37. The van der Waals surface area contributed by atoms with Crippen LogP contribution < -0.4 is 4.90 Å². The number of nitrogens with zero attached hydrogens (tertiary/aromatic N) is 3. The number of halogens is 4. The van der Waals surface area contributed by atoms with E-state index in [1.807, 2.05) is 18.2 Å². The van der Waals surface area contributed by atoms with Crippen LogP contribution in [0.25, 0.3) is 0 Å². The molecule has 1 heterocycles. The van der Waals surface area contributed by atoms with Gasteiger partial charge < -0.3 is 10.0 Å². The van der Waals surface area contributed by atoms with Crippen molar-refractivity contribution in [3.63, 3.8) is 0 Å². The Balaban J connectivity index is 0.00000361. The molecule has 4 rings (SSSR count). The number of rotatable bonds is 6. The van der Waals surface area contributed by atoms with Crippen LogP contribution in [-0.4, -0.2) is 23.8 Å². The Labute approximate surface area is 216 Å². The summed E-state index contributed by atoms with van der Waals surface area (Å²) in [6, 6.07) is 17.6. The molecule has 1 atom stereocenters. The molecule has 0 amide bonds. The predicted molar refractivity (Wildman–Crippen MR) is 129 cm³/mol. The minimum Gasteiger partial charge on any atom is -0.492 e. The molecule has 1 radical (unpaired) electrons. The summed E-state index contributed by atoms with van der Waals surface area (Å²) >= 11 is 0. The summed E-state index contributed by atoms with van der Waals surface area (Å²) in [5, 5.41) is 17.7. The van der Waals surface area contributed by atoms with Crippen LogP contribution in [-0.2, 0) is 28.6 Å². The van der Waals surface area contributed by atoms with Crippen molar-refractivity contribution < 1.29 is 39.4 Å². The fourth-order valence-electron chi connectivity index (χ4n) is 4.55. The number of aliphatic hydroxyl groups excluding tert-OH is 1. The van der Waals surface area contributed by atoms with Gasteiger partial charge in [0.15, 0.2) is 23.3 Å². The van der Waals surface area contributed by atoms with E-state index in [1.54, 1.807) is 56.3 Å². The Morgan fingerprint density at radius 1 is 0.917 bits per heavy atom. The monoisotopic (exact) mass is 540 g/mol. The summed E-state index contributed by atoms with van der Waals surface area (Å²) in [5.74, 6) is -6.87. The van der Waals surface area contributed by atoms with Gasteiger partial charge in [-0.05, 0) is 44.0 Å². The van der Waals surface area contributed by atoms with Crippen LogP contribution >= 0.6 is 0 Å². The minimum atomic E-state index is -1.85. The maximum atomic E-state index is 15.2. The second-order valence-corrected chi connectivity index (χ2v) is 8.32. The van der Waals surface area contributed by atoms with Crippen LogP contribution in [0.15, 0.2) is 82.6 Å². The molecule has 0 saturated heterocycles. The SMILES string of the molecule is CCN1\C(=C/C=N/N=C(\O)c2ccccc2)C(C)(Cc2ccccc2)c2c(F)c(F)c(F)c(F)c21.[Co]. The number of fused-ring (bicyclic) bond motifs is 1. The Morgan fingerprint density at radius 3 is 2.11 bits per heavy atom. The van der Waals surface area contributed by atoms with Gasteiger partial charge in [0.2, 0.25) is 5.90 Å². The molecular formula is C27H23CoF4N3O. The summed E-state index contributed by atoms with van der Waals surface area (Å²) in [4.78, 5) is 1.41. The smallest absolute Gasteiger partial charge is 0.238 e. The van der Waals surface area contributed by atoms with Gasteiger partial charge in [-0.3, -0.25) is 0 Å². The minimum absolute atomic E-state index is 0. The first kappa shape index (κ1) is 27.2. The average molecular weight is 540 g/mol. The van der Waals surface area contributed by atoms with E-state index in [0.29, 0.717) is 11.3 Å². The van der Waals surface area contributed by atoms with E-state index in [9.17, 15) is 18.3 Å². The third-order valence-electron chi connectivity index (χ3n) is 6.12. The van der Waals surface area contributed by atoms with Crippen molar-refractivity contribution in [3.8, 4) is 0 Å². The van der Waals surface area contributed by atoms with Gasteiger partial charge in [0, 0.05) is 45.6 Å². The quantitative estimate of drug-likeness (QED) is 0.0975. The fourth-order valence-corrected chi connectivity index (χ4v) is 4.55. The van der Waals surface area contributed by atoms with E-state index < -0.39 is 28.7 Å². The largest absolute Gasteiger partial charge is 0.492 e. The molecule has 1 aliphatic heterocycles. The zero-order chi connectivity index (χ0) is 25.2. The van der Waals surface area contributed by atoms with Crippen molar-refractivity contribution >= 4 is 17.8 Å². The van der Waals surface area contributed by atoms with Crippen molar-refractivity contribution in [3.05, 3.63) is 112 Å². The second-order valence-electron chi connectivity index (χ2n) is 8.32. The molecule has 0 aromatic heterocycles. The van der Waals surface area contributed by atoms with Gasteiger partial charge >= 0.3 is 0 Å². The van der Waals surface area contributed by atoms with Crippen molar-refractivity contribution in [2.24, 2.45) is 10.2 Å². The predicted octanol–water partition coefficient (Wildman–Crippen LogP) is 6.46. The molecule has 1 aliphatic rings. The Morgan fingerprint density at radius 2 is 1.50 bits per heavy atom. The van der Waals surface area contributed by atoms with E-state index in [1.165, 1.54) is 17.2 Å². The summed E-state index contributed by atoms with van der Waals surface area (Å²) in [7, 11) is 0. The molecule has 0 saturated carbocycles. The van der Waals surface area contributed by atoms with E-state index in [4.69, 9.17) is 0 Å². The normalized spacial score (nSPS) is 18.6. The third kappa shape index (κ3) is 4.81. The van der Waals surface area contributed by atoms with Crippen molar-refractivity contribution in [1.29, 1.82) is 0 Å². The van der Waals surface area contributed by atoms with Gasteiger partial charge in [-0.2, -0.15) is 5.10 Å². The van der Waals surface area contributed by atoms with Crippen LogP contribution in [0.3, 0.4) is 0 Å². The van der Waals surface area contributed by atoms with Gasteiger partial charge in [-0.1, -0.05) is 48.5 Å². The van der Waals surface area contributed by atoms with Gasteiger partial charge in [0.1, 0.15) is 0 Å². The number of allylic oxidation sites excluding steroid dienone is 2. The number of anilines is 1. The zero-order valence-electron chi connectivity index (χ0n) is 19.5. The number of aliphatic hydroxyl groups is 1. The third-order valence-corrected chi connectivity index (χ3v) is 6.12. The average Bonchev–Trinajstić information content (AvgIpc) is 3.12. The summed E-state index contributed by atoms with van der Waals surface area (Å²) in [6.45, 7) is 3.51. The van der Waals surface area contributed by atoms with E-state index in [0.717, 1.165) is 5.56 Å². The Bertz CT molecular complexity index is 1330. The van der Waals surface area contributed by atoms with E-state index in [2.05, 4.69) is 10.2 Å². The van der Waals surface area contributed by atoms with Crippen LogP contribution in [0.5, 0.6) is 0 Å². The van der Waals surface area contributed by atoms with Crippen LogP contribution in [0.2, 0.25) is 0 Å². The first-order valence-electron chi connectivity index (χ1n) is 11.0. The number of benzene rings is 3. The molecule has 9 heteroatoms. The molecule has 4 nitrogen and oxygen atoms in total. The maximum absolute atomic E-state index is 15.2. The Hall–Kier alpha value is -3.43. The maximum Gasteiger partial charge on any atom is 0.238 e. The van der Waals surface area contributed by atoms with Crippen molar-refractivity contribution in [2.45, 2.75) is 25.7 Å². The van der Waals surface area contributed by atoms with E-state index in [-0.39, 0.29) is 46.9 Å². The van der Waals surface area contributed by atoms with Crippen LogP contribution in [0.4, 0.5) is 23.2 Å². The molecule has 0 fully saturated rings. The molecule has 1 unspecified atom stereocenters. The molecule has 3 aromatic carbocycles. The topological polar surface area (TPSA) is 48.2 Å². The first-order valence-corrected chi connectivity index (χ1v) is 11.0.